The zero-order valence-electron chi connectivity index (χ0n) is 9.60. The van der Waals surface area contributed by atoms with Gasteiger partial charge in [-0.15, -0.1) is 11.8 Å². The van der Waals surface area contributed by atoms with Gasteiger partial charge in [0.05, 0.1) is 24.5 Å². The Hall–Kier alpha value is -1.45. The lowest BCUT2D eigenvalue weighted by Crippen LogP contribution is -2.29. The number of aliphatic hydroxyl groups excluding tert-OH is 2. The molecule has 0 bridgehead atoms. The van der Waals surface area contributed by atoms with E-state index in [0.29, 0.717) is 0 Å². The van der Waals surface area contributed by atoms with Crippen molar-refractivity contribution in [2.45, 2.75) is 22.9 Å². The van der Waals surface area contributed by atoms with Crippen LogP contribution in [0.5, 0.6) is 0 Å². The summed E-state index contributed by atoms with van der Waals surface area (Å²) in [6.07, 6.45) is -0.265. The molecule has 1 saturated heterocycles. The number of hydrogen-bond acceptors (Lipinski definition) is 6. The Morgan fingerprint density at radius 1 is 1.53 bits per heavy atom. The Bertz CT molecular complexity index is 660. The average Bonchev–Trinajstić information content (AvgIpc) is 2.94. The van der Waals surface area contributed by atoms with Crippen molar-refractivity contribution in [3.63, 3.8) is 0 Å². The normalized spacial score (nSPS) is 31.1. The number of aromatic nitrogens is 4. The van der Waals surface area contributed by atoms with Crippen molar-refractivity contribution >= 4 is 22.9 Å². The van der Waals surface area contributed by atoms with E-state index in [0.717, 1.165) is 11.8 Å². The molecule has 1 aliphatic heterocycles. The highest BCUT2D eigenvalue weighted by Gasteiger charge is 2.44. The second-order valence-electron chi connectivity index (χ2n) is 4.24. The minimum atomic E-state index is -1.55. The quantitative estimate of drug-likeness (QED) is 0.682. The number of hydrogen-bond donors (Lipinski definition) is 3. The van der Waals surface area contributed by atoms with Gasteiger partial charge in [0.25, 0.3) is 5.56 Å². The highest BCUT2D eigenvalue weighted by Crippen LogP contribution is 2.44. The van der Waals surface area contributed by atoms with Crippen molar-refractivity contribution in [1.29, 1.82) is 0 Å². The molecular formula is C10H11FN4O3S. The summed E-state index contributed by atoms with van der Waals surface area (Å²) in [6.45, 7) is -0.316. The molecule has 9 heteroatoms. The van der Waals surface area contributed by atoms with Crippen molar-refractivity contribution in [2.24, 2.45) is 0 Å². The molecule has 1 aliphatic rings. The molecule has 0 radical (unpaired) electrons. The number of thioether (sulfide) groups is 1. The molecule has 0 saturated carbocycles. The highest BCUT2D eigenvalue weighted by molar-refractivity contribution is 8.00. The maximum Gasteiger partial charge on any atom is 0.278 e. The SMILES string of the molecule is O=c1[nH]cnc2c1ncn2[C@@H]1S[C@H](CO)[C@@H](O)[C@@H]1F. The van der Waals surface area contributed by atoms with Crippen molar-refractivity contribution in [3.05, 3.63) is 23.0 Å². The summed E-state index contributed by atoms with van der Waals surface area (Å²) in [7, 11) is 0. The first-order chi connectivity index (χ1) is 9.13. The molecule has 3 rings (SSSR count). The summed E-state index contributed by atoms with van der Waals surface area (Å²) < 4.78 is 15.5. The second kappa shape index (κ2) is 4.58. The Balaban J connectivity index is 2.06. The molecule has 3 N–H and O–H groups in total. The zero-order chi connectivity index (χ0) is 13.6. The predicted octanol–water partition coefficient (Wildman–Crippen LogP) is -0.575. The smallest absolute Gasteiger partial charge is 0.278 e. The van der Waals surface area contributed by atoms with Gasteiger partial charge in [0.1, 0.15) is 11.5 Å². The van der Waals surface area contributed by atoms with E-state index in [1.807, 2.05) is 0 Å². The average molecular weight is 286 g/mol. The molecule has 19 heavy (non-hydrogen) atoms. The third kappa shape index (κ3) is 1.85. The van der Waals surface area contributed by atoms with E-state index >= 15 is 0 Å². The Morgan fingerprint density at radius 2 is 2.32 bits per heavy atom. The molecule has 1 fully saturated rings. The molecule has 2 aromatic heterocycles. The van der Waals surface area contributed by atoms with Crippen LogP contribution in [-0.2, 0) is 0 Å². The fraction of sp³-hybridized carbons (Fsp3) is 0.500. The van der Waals surface area contributed by atoms with Crippen LogP contribution in [0.2, 0.25) is 0 Å². The molecular weight excluding hydrogens is 275 g/mol. The van der Waals surface area contributed by atoms with Crippen LogP contribution in [0.1, 0.15) is 5.37 Å². The first-order valence-electron chi connectivity index (χ1n) is 5.62. The van der Waals surface area contributed by atoms with E-state index in [-0.39, 0.29) is 17.8 Å². The summed E-state index contributed by atoms with van der Waals surface area (Å²) in [5.41, 5.74) is -0.0201. The summed E-state index contributed by atoms with van der Waals surface area (Å²) in [5, 5.41) is 17.4. The van der Waals surface area contributed by atoms with Crippen LogP contribution in [0.15, 0.2) is 17.4 Å². The lowest BCUT2D eigenvalue weighted by molar-refractivity contribution is 0.0642. The van der Waals surface area contributed by atoms with Crippen LogP contribution >= 0.6 is 11.8 Å². The Labute approximate surface area is 110 Å². The first-order valence-corrected chi connectivity index (χ1v) is 6.56. The largest absolute Gasteiger partial charge is 0.395 e. The number of fused-ring (bicyclic) bond motifs is 1. The van der Waals surface area contributed by atoms with Gasteiger partial charge in [-0.1, -0.05) is 0 Å². The maximum atomic E-state index is 14.1. The molecule has 0 aromatic carbocycles. The molecule has 0 aliphatic carbocycles. The number of aliphatic hydroxyl groups is 2. The third-order valence-corrected chi connectivity index (χ3v) is 4.66. The summed E-state index contributed by atoms with van der Waals surface area (Å²) in [6, 6.07) is 0. The lowest BCUT2D eigenvalue weighted by atomic mass is 10.1. The predicted molar refractivity (Wildman–Crippen MR) is 66.6 cm³/mol. The topological polar surface area (TPSA) is 104 Å². The fourth-order valence-corrected chi connectivity index (χ4v) is 3.48. The second-order valence-corrected chi connectivity index (χ2v) is 5.60. The van der Waals surface area contributed by atoms with E-state index in [1.54, 1.807) is 0 Å². The van der Waals surface area contributed by atoms with Crippen LogP contribution in [0, 0.1) is 0 Å². The number of imidazole rings is 1. The number of H-pyrrole nitrogens is 1. The molecule has 2 aromatic rings. The van der Waals surface area contributed by atoms with E-state index < -0.39 is 28.5 Å². The van der Waals surface area contributed by atoms with E-state index in [4.69, 9.17) is 5.11 Å². The van der Waals surface area contributed by atoms with Gasteiger partial charge in [-0.05, 0) is 0 Å². The molecule has 102 valence electrons. The van der Waals surface area contributed by atoms with Gasteiger partial charge in [-0.2, -0.15) is 0 Å². The third-order valence-electron chi connectivity index (χ3n) is 3.11. The summed E-state index contributed by atoms with van der Waals surface area (Å²) >= 11 is 1.10. The number of nitrogens with one attached hydrogen (secondary N) is 1. The first kappa shape index (κ1) is 12.6. The Kier molecular flexibility index (Phi) is 3.03. The van der Waals surface area contributed by atoms with Crippen LogP contribution in [0.25, 0.3) is 11.2 Å². The van der Waals surface area contributed by atoms with Gasteiger partial charge in [0.2, 0.25) is 0 Å². The molecule has 0 spiro atoms. The van der Waals surface area contributed by atoms with Gasteiger partial charge in [-0.25, -0.2) is 14.4 Å². The molecule has 0 unspecified atom stereocenters. The highest BCUT2D eigenvalue weighted by atomic mass is 32.2. The van der Waals surface area contributed by atoms with Gasteiger partial charge in [-0.3, -0.25) is 9.36 Å². The lowest BCUT2D eigenvalue weighted by Gasteiger charge is -2.14. The number of halogens is 1. The molecule has 4 atom stereocenters. The number of nitrogens with zero attached hydrogens (tertiary/aromatic N) is 3. The van der Waals surface area contributed by atoms with Crippen LogP contribution < -0.4 is 5.56 Å². The summed E-state index contributed by atoms with van der Waals surface area (Å²) in [5.74, 6) is 0. The number of aromatic amines is 1. The maximum absolute atomic E-state index is 14.1. The van der Waals surface area contributed by atoms with E-state index in [9.17, 15) is 14.3 Å². The summed E-state index contributed by atoms with van der Waals surface area (Å²) in [4.78, 5) is 21.8. The zero-order valence-corrected chi connectivity index (χ0v) is 10.4. The van der Waals surface area contributed by atoms with Crippen LogP contribution in [0.3, 0.4) is 0 Å². The van der Waals surface area contributed by atoms with Crippen LogP contribution in [0.4, 0.5) is 4.39 Å². The fourth-order valence-electron chi connectivity index (χ4n) is 2.13. The van der Waals surface area contributed by atoms with Gasteiger partial charge >= 0.3 is 0 Å². The van der Waals surface area contributed by atoms with Gasteiger partial charge in [0, 0.05) is 0 Å². The van der Waals surface area contributed by atoms with E-state index in [2.05, 4.69) is 15.0 Å². The van der Waals surface area contributed by atoms with Crippen molar-refractivity contribution in [1.82, 2.24) is 19.5 Å². The standard InChI is InChI=1S/C10H11FN4O3S/c11-5-7(17)4(1-16)19-10(5)15-3-14-6-8(15)12-2-13-9(6)18/h2-5,7,10,16-17H,1H2,(H,12,13,18)/t4-,5+,7-,10-/m1/s1. The number of rotatable bonds is 2. The molecule has 3 heterocycles. The van der Waals surface area contributed by atoms with Crippen LogP contribution in [-0.4, -0.2) is 53.9 Å². The van der Waals surface area contributed by atoms with E-state index in [1.165, 1.54) is 17.2 Å². The molecule has 0 amide bonds. The number of alkyl halides is 1. The van der Waals surface area contributed by atoms with Crippen molar-refractivity contribution in [2.75, 3.05) is 6.61 Å². The van der Waals surface area contributed by atoms with Gasteiger partial charge in [0.15, 0.2) is 17.3 Å². The van der Waals surface area contributed by atoms with Crippen molar-refractivity contribution in [3.8, 4) is 0 Å². The molecule has 7 nitrogen and oxygen atoms in total. The van der Waals surface area contributed by atoms with Crippen molar-refractivity contribution < 1.29 is 14.6 Å². The Morgan fingerprint density at radius 3 is 3.00 bits per heavy atom. The monoisotopic (exact) mass is 286 g/mol. The minimum absolute atomic E-state index is 0.122. The minimum Gasteiger partial charge on any atom is -0.395 e. The van der Waals surface area contributed by atoms with Gasteiger partial charge < -0.3 is 15.2 Å².